The molecule has 0 saturated carbocycles. The molecule has 1 heterocycles. The van der Waals surface area contributed by atoms with Crippen molar-refractivity contribution < 1.29 is 5.11 Å². The number of aliphatic imine (C=N–C) groups is 1. The first-order valence-electron chi connectivity index (χ1n) is 9.32. The van der Waals surface area contributed by atoms with Crippen molar-refractivity contribution in [2.45, 2.75) is 45.8 Å². The molecule has 1 aromatic heterocycles. The first-order valence-corrected chi connectivity index (χ1v) is 9.32. The van der Waals surface area contributed by atoms with Crippen molar-refractivity contribution in [3.63, 3.8) is 0 Å². The molecule has 0 spiro atoms. The van der Waals surface area contributed by atoms with E-state index in [9.17, 15) is 5.11 Å². The van der Waals surface area contributed by atoms with Gasteiger partial charge in [0, 0.05) is 13.6 Å². The number of rotatable bonds is 8. The minimum Gasteiger partial charge on any atom is -0.388 e. The zero-order chi connectivity index (χ0) is 19.0. The predicted molar refractivity (Wildman–Crippen MR) is 107 cm³/mol. The van der Waals surface area contributed by atoms with E-state index in [1.807, 2.05) is 57.1 Å². The molecule has 26 heavy (non-hydrogen) atoms. The maximum Gasteiger partial charge on any atom is 0.194 e. The maximum atomic E-state index is 10.5. The van der Waals surface area contributed by atoms with Crippen molar-refractivity contribution in [2.24, 2.45) is 4.99 Å². The molecule has 0 atom stereocenters. The minimum atomic E-state index is -0.743. The summed E-state index contributed by atoms with van der Waals surface area (Å²) in [7, 11) is 1.98. The number of benzene rings is 1. The molecule has 6 nitrogen and oxygen atoms in total. The van der Waals surface area contributed by atoms with E-state index in [1.54, 1.807) is 0 Å². The van der Waals surface area contributed by atoms with Crippen molar-refractivity contribution in [3.05, 3.63) is 42.4 Å². The van der Waals surface area contributed by atoms with E-state index in [0.717, 1.165) is 29.6 Å². The third-order valence-corrected chi connectivity index (χ3v) is 4.64. The van der Waals surface area contributed by atoms with Gasteiger partial charge in [0.2, 0.25) is 0 Å². The summed E-state index contributed by atoms with van der Waals surface area (Å²) in [5, 5.41) is 13.8. The molecule has 0 radical (unpaired) electrons. The smallest absolute Gasteiger partial charge is 0.194 e. The Morgan fingerprint density at radius 1 is 1.23 bits per heavy atom. The fraction of sp³-hybridized carbons (Fsp3) is 0.500. The number of aliphatic hydroxyl groups is 1. The van der Waals surface area contributed by atoms with Crippen LogP contribution in [0.1, 0.15) is 39.4 Å². The second kappa shape index (κ2) is 9.38. The van der Waals surface area contributed by atoms with Gasteiger partial charge in [0.25, 0.3) is 0 Å². The molecule has 0 saturated heterocycles. The van der Waals surface area contributed by atoms with Crippen molar-refractivity contribution >= 4 is 5.96 Å². The standard InChI is InChI=1S/C20H31N5O/c1-5-20(26,6-2)15-23-19(21-7-3)25(4)14-18-22-13-17(24-18)16-11-9-8-10-12-16/h8-13,26H,5-7,14-15H2,1-4H3,(H,21,23)(H,22,24). The Kier molecular flexibility index (Phi) is 7.21. The highest BCUT2D eigenvalue weighted by atomic mass is 16.3. The fourth-order valence-corrected chi connectivity index (χ4v) is 2.67. The molecular weight excluding hydrogens is 326 g/mol. The summed E-state index contributed by atoms with van der Waals surface area (Å²) in [6.45, 7) is 7.78. The van der Waals surface area contributed by atoms with Gasteiger partial charge in [-0.25, -0.2) is 4.98 Å². The van der Waals surface area contributed by atoms with Gasteiger partial charge in [-0.2, -0.15) is 0 Å². The molecule has 142 valence electrons. The van der Waals surface area contributed by atoms with Crippen LogP contribution in [0.2, 0.25) is 0 Å². The summed E-state index contributed by atoms with van der Waals surface area (Å²) < 4.78 is 0. The normalized spacial score (nSPS) is 12.3. The molecular formula is C20H31N5O. The first kappa shape index (κ1) is 20.0. The lowest BCUT2D eigenvalue weighted by atomic mass is 9.98. The van der Waals surface area contributed by atoms with Crippen molar-refractivity contribution in [2.75, 3.05) is 20.1 Å². The zero-order valence-electron chi connectivity index (χ0n) is 16.3. The van der Waals surface area contributed by atoms with E-state index in [2.05, 4.69) is 32.4 Å². The monoisotopic (exact) mass is 357 g/mol. The van der Waals surface area contributed by atoms with Crippen LogP contribution < -0.4 is 5.32 Å². The van der Waals surface area contributed by atoms with E-state index in [-0.39, 0.29) is 0 Å². The van der Waals surface area contributed by atoms with Gasteiger partial charge in [-0.1, -0.05) is 44.2 Å². The minimum absolute atomic E-state index is 0.389. The third-order valence-electron chi connectivity index (χ3n) is 4.64. The molecule has 0 aliphatic carbocycles. The van der Waals surface area contributed by atoms with Crippen molar-refractivity contribution in [1.29, 1.82) is 0 Å². The van der Waals surface area contributed by atoms with E-state index < -0.39 is 5.60 Å². The van der Waals surface area contributed by atoms with Crippen LogP contribution in [0.15, 0.2) is 41.5 Å². The molecule has 1 aromatic carbocycles. The van der Waals surface area contributed by atoms with Gasteiger partial charge in [-0.05, 0) is 25.3 Å². The lowest BCUT2D eigenvalue weighted by Gasteiger charge is -2.26. The highest BCUT2D eigenvalue weighted by molar-refractivity contribution is 5.79. The van der Waals surface area contributed by atoms with E-state index in [0.29, 0.717) is 25.9 Å². The number of H-pyrrole nitrogens is 1. The quantitative estimate of drug-likeness (QED) is 0.501. The van der Waals surface area contributed by atoms with Crippen LogP contribution in [-0.2, 0) is 6.54 Å². The Bertz CT molecular complexity index is 691. The Labute approximate surface area is 156 Å². The van der Waals surface area contributed by atoms with Crippen molar-refractivity contribution in [1.82, 2.24) is 20.2 Å². The summed E-state index contributed by atoms with van der Waals surface area (Å²) in [6.07, 6.45) is 3.24. The lowest BCUT2D eigenvalue weighted by Crippen LogP contribution is -2.40. The fourth-order valence-electron chi connectivity index (χ4n) is 2.67. The van der Waals surface area contributed by atoms with Gasteiger partial charge in [0.1, 0.15) is 5.82 Å². The second-order valence-electron chi connectivity index (χ2n) is 6.57. The Balaban J connectivity index is 2.08. The summed E-state index contributed by atoms with van der Waals surface area (Å²) in [5.41, 5.74) is 1.37. The van der Waals surface area contributed by atoms with Gasteiger partial charge in [-0.3, -0.25) is 4.99 Å². The van der Waals surface area contributed by atoms with Gasteiger partial charge in [0.15, 0.2) is 5.96 Å². The van der Waals surface area contributed by atoms with Crippen LogP contribution in [0, 0.1) is 0 Å². The average Bonchev–Trinajstić information content (AvgIpc) is 3.14. The molecule has 0 unspecified atom stereocenters. The van der Waals surface area contributed by atoms with Crippen LogP contribution >= 0.6 is 0 Å². The first-order chi connectivity index (χ1) is 12.5. The summed E-state index contributed by atoms with van der Waals surface area (Å²) >= 11 is 0. The Hall–Kier alpha value is -2.34. The Morgan fingerprint density at radius 2 is 1.92 bits per heavy atom. The summed E-state index contributed by atoms with van der Waals surface area (Å²) in [4.78, 5) is 14.5. The molecule has 0 aliphatic rings. The van der Waals surface area contributed by atoms with Crippen LogP contribution in [0.4, 0.5) is 0 Å². The Morgan fingerprint density at radius 3 is 2.54 bits per heavy atom. The predicted octanol–water partition coefficient (Wildman–Crippen LogP) is 3.03. The number of aromatic amines is 1. The van der Waals surface area contributed by atoms with Crippen LogP contribution in [0.3, 0.4) is 0 Å². The molecule has 6 heteroatoms. The molecule has 2 aromatic rings. The number of imidazole rings is 1. The highest BCUT2D eigenvalue weighted by Gasteiger charge is 2.22. The van der Waals surface area contributed by atoms with Gasteiger partial charge < -0.3 is 20.3 Å². The highest BCUT2D eigenvalue weighted by Crippen LogP contribution is 2.17. The number of hydrogen-bond donors (Lipinski definition) is 3. The average molecular weight is 358 g/mol. The van der Waals surface area contributed by atoms with E-state index in [4.69, 9.17) is 0 Å². The SMILES string of the molecule is CCNC(=NCC(O)(CC)CC)N(C)Cc1ncc(-c2ccccc2)[nH]1. The number of nitrogens with one attached hydrogen (secondary N) is 2. The summed E-state index contributed by atoms with van der Waals surface area (Å²) in [5.74, 6) is 1.64. The number of aromatic nitrogens is 2. The number of nitrogens with zero attached hydrogens (tertiary/aromatic N) is 3. The molecule has 2 rings (SSSR count). The van der Waals surface area contributed by atoms with Gasteiger partial charge in [0.05, 0.1) is 30.6 Å². The largest absolute Gasteiger partial charge is 0.388 e. The van der Waals surface area contributed by atoms with Crippen LogP contribution in [-0.4, -0.2) is 51.7 Å². The summed E-state index contributed by atoms with van der Waals surface area (Å²) in [6, 6.07) is 10.1. The molecule has 0 aliphatic heterocycles. The number of guanidine groups is 1. The van der Waals surface area contributed by atoms with Crippen molar-refractivity contribution in [3.8, 4) is 11.3 Å². The zero-order valence-corrected chi connectivity index (χ0v) is 16.3. The van der Waals surface area contributed by atoms with Crippen LogP contribution in [0.25, 0.3) is 11.3 Å². The molecule has 0 bridgehead atoms. The second-order valence-corrected chi connectivity index (χ2v) is 6.57. The van der Waals surface area contributed by atoms with E-state index >= 15 is 0 Å². The molecule has 0 amide bonds. The topological polar surface area (TPSA) is 76.5 Å². The van der Waals surface area contributed by atoms with Gasteiger partial charge in [-0.15, -0.1) is 0 Å². The number of hydrogen-bond acceptors (Lipinski definition) is 3. The lowest BCUT2D eigenvalue weighted by molar-refractivity contribution is 0.0416. The maximum absolute atomic E-state index is 10.5. The third kappa shape index (κ3) is 5.33. The molecule has 3 N–H and O–H groups in total. The van der Waals surface area contributed by atoms with Gasteiger partial charge >= 0.3 is 0 Å². The van der Waals surface area contributed by atoms with E-state index in [1.165, 1.54) is 0 Å². The molecule has 0 fully saturated rings. The van der Waals surface area contributed by atoms with Crippen LogP contribution in [0.5, 0.6) is 0 Å².